The van der Waals surface area contributed by atoms with Crippen LogP contribution in [0.1, 0.15) is 32.8 Å². The van der Waals surface area contributed by atoms with Gasteiger partial charge in [0.15, 0.2) is 0 Å². The summed E-state index contributed by atoms with van der Waals surface area (Å²) < 4.78 is 26.0. The molecule has 1 saturated carbocycles. The first-order chi connectivity index (χ1) is 12.3. The minimum atomic E-state index is -0.239. The van der Waals surface area contributed by atoms with E-state index in [1.165, 1.54) is 0 Å². The number of Topliss-reactive ketones (excluding diaryl/α,β-unsaturated/α-hetero) is 1. The average Bonchev–Trinajstić information content (AvgIpc) is 3.36. The topological polar surface area (TPSA) is 35.5 Å². The Morgan fingerprint density at radius 2 is 1.88 bits per heavy atom. The molecule has 1 fully saturated rings. The summed E-state index contributed by atoms with van der Waals surface area (Å²) in [6.45, 7) is 7.81. The van der Waals surface area contributed by atoms with Gasteiger partial charge in [0, 0.05) is 17.4 Å². The number of rotatable bonds is 7. The van der Waals surface area contributed by atoms with E-state index in [0.29, 0.717) is 29.4 Å². The Bertz CT molecular complexity index is 796. The van der Waals surface area contributed by atoms with E-state index in [2.05, 4.69) is 0 Å². The Morgan fingerprint density at radius 1 is 1.19 bits per heavy atom. The maximum Gasteiger partial charge on any atom is 0.134 e. The van der Waals surface area contributed by atoms with Crippen LogP contribution in [-0.2, 0) is 4.79 Å². The summed E-state index contributed by atoms with van der Waals surface area (Å²) in [5.41, 5.74) is 1.86. The van der Waals surface area contributed by atoms with Crippen LogP contribution in [0.5, 0.6) is 11.5 Å². The van der Waals surface area contributed by atoms with Crippen LogP contribution in [0.3, 0.4) is 0 Å². The molecule has 0 aromatic heterocycles. The first-order valence-corrected chi connectivity index (χ1v) is 9.05. The number of aryl methyl sites for hydroxylation is 1. The van der Waals surface area contributed by atoms with Gasteiger partial charge in [0.2, 0.25) is 0 Å². The number of hydrogen-bond acceptors (Lipinski definition) is 3. The number of ketones is 1. The lowest BCUT2D eigenvalue weighted by Gasteiger charge is -2.14. The van der Waals surface area contributed by atoms with E-state index in [1.54, 1.807) is 26.0 Å². The molecule has 4 heteroatoms. The molecule has 0 bridgehead atoms. The fourth-order valence-electron chi connectivity index (χ4n) is 3.15. The summed E-state index contributed by atoms with van der Waals surface area (Å²) in [5.74, 6) is 1.89. The quantitative estimate of drug-likeness (QED) is 0.685. The average molecular weight is 356 g/mol. The van der Waals surface area contributed by atoms with Crippen molar-refractivity contribution in [2.45, 2.75) is 40.2 Å². The number of halogens is 1. The Labute approximate surface area is 154 Å². The van der Waals surface area contributed by atoms with Crippen LogP contribution in [0.4, 0.5) is 4.39 Å². The molecule has 2 aromatic rings. The van der Waals surface area contributed by atoms with E-state index in [4.69, 9.17) is 9.47 Å². The molecule has 2 unspecified atom stereocenters. The Balaban J connectivity index is 1.72. The first-order valence-electron chi connectivity index (χ1n) is 9.05. The molecule has 0 N–H and O–H groups in total. The van der Waals surface area contributed by atoms with Crippen molar-refractivity contribution in [2.24, 2.45) is 11.8 Å². The predicted octanol–water partition coefficient (Wildman–Crippen LogP) is 5.19. The zero-order valence-corrected chi connectivity index (χ0v) is 15.7. The van der Waals surface area contributed by atoms with Crippen LogP contribution in [0, 0.1) is 24.6 Å². The Morgan fingerprint density at radius 3 is 2.46 bits per heavy atom. The molecule has 3 nitrogen and oxygen atoms in total. The molecule has 26 heavy (non-hydrogen) atoms. The molecule has 0 radical (unpaired) electrons. The van der Waals surface area contributed by atoms with Gasteiger partial charge in [-0.2, -0.15) is 0 Å². The second kappa shape index (κ2) is 7.48. The second-order valence-electron chi connectivity index (χ2n) is 7.32. The van der Waals surface area contributed by atoms with E-state index >= 15 is 0 Å². The van der Waals surface area contributed by atoms with Gasteiger partial charge in [-0.3, -0.25) is 4.79 Å². The molecule has 2 aromatic carbocycles. The van der Waals surface area contributed by atoms with Crippen molar-refractivity contribution in [2.75, 3.05) is 6.61 Å². The lowest BCUT2D eigenvalue weighted by molar-refractivity contribution is -0.118. The number of carbonyl (C=O) groups excluding carboxylic acids is 1. The minimum Gasteiger partial charge on any atom is -0.493 e. The highest BCUT2D eigenvalue weighted by atomic mass is 19.1. The van der Waals surface area contributed by atoms with Crippen LogP contribution < -0.4 is 9.47 Å². The first kappa shape index (κ1) is 18.4. The summed E-state index contributed by atoms with van der Waals surface area (Å²) in [6, 6.07) is 10.8. The van der Waals surface area contributed by atoms with E-state index < -0.39 is 0 Å². The van der Waals surface area contributed by atoms with Crippen LogP contribution >= 0.6 is 0 Å². The molecule has 3 rings (SSSR count). The molecule has 1 aliphatic rings. The van der Waals surface area contributed by atoms with Crippen molar-refractivity contribution in [3.05, 3.63) is 47.8 Å². The molecule has 0 heterocycles. The van der Waals surface area contributed by atoms with Gasteiger partial charge >= 0.3 is 0 Å². The lowest BCUT2D eigenvalue weighted by Crippen LogP contribution is -2.06. The fourth-order valence-corrected chi connectivity index (χ4v) is 3.15. The third kappa shape index (κ3) is 4.24. The maximum atomic E-state index is 14.6. The molecule has 1 aliphatic carbocycles. The van der Waals surface area contributed by atoms with Crippen LogP contribution in [0.15, 0.2) is 36.4 Å². The van der Waals surface area contributed by atoms with Gasteiger partial charge in [-0.25, -0.2) is 4.39 Å². The van der Waals surface area contributed by atoms with Gasteiger partial charge in [0.25, 0.3) is 0 Å². The fraction of sp³-hybridized carbons (Fsp3) is 0.409. The van der Waals surface area contributed by atoms with Crippen LogP contribution in [0.2, 0.25) is 0 Å². The number of carbonyl (C=O) groups is 1. The van der Waals surface area contributed by atoms with Crippen molar-refractivity contribution < 1.29 is 18.7 Å². The predicted molar refractivity (Wildman–Crippen MR) is 100 cm³/mol. The van der Waals surface area contributed by atoms with Gasteiger partial charge in [0.05, 0.1) is 12.7 Å². The van der Waals surface area contributed by atoms with Crippen molar-refractivity contribution >= 4 is 5.78 Å². The highest BCUT2D eigenvalue weighted by Crippen LogP contribution is 2.39. The Kier molecular flexibility index (Phi) is 5.30. The molecule has 0 amide bonds. The molecule has 138 valence electrons. The standard InChI is InChI=1S/C22H25FO3/c1-13(2)26-19-9-14(3)22(23)21(11-19)16-5-7-18(8-6-16)25-12-17-10-20(17)15(4)24/h5-9,11,13,17,20H,10,12H2,1-4H3. The van der Waals surface area contributed by atoms with E-state index in [0.717, 1.165) is 17.7 Å². The zero-order chi connectivity index (χ0) is 18.8. The van der Waals surface area contributed by atoms with E-state index in [1.807, 2.05) is 38.1 Å². The number of benzene rings is 2. The molecule has 0 aliphatic heterocycles. The smallest absolute Gasteiger partial charge is 0.134 e. The van der Waals surface area contributed by atoms with Crippen LogP contribution in [-0.4, -0.2) is 18.5 Å². The van der Waals surface area contributed by atoms with Gasteiger partial charge in [-0.05, 0) is 69.5 Å². The van der Waals surface area contributed by atoms with Crippen LogP contribution in [0.25, 0.3) is 11.1 Å². The highest BCUT2D eigenvalue weighted by Gasteiger charge is 2.41. The maximum absolute atomic E-state index is 14.6. The van der Waals surface area contributed by atoms with Crippen molar-refractivity contribution in [1.29, 1.82) is 0 Å². The van der Waals surface area contributed by atoms with E-state index in [-0.39, 0.29) is 23.6 Å². The van der Waals surface area contributed by atoms with Crippen molar-refractivity contribution in [3.8, 4) is 22.6 Å². The monoisotopic (exact) mass is 356 g/mol. The van der Waals surface area contributed by atoms with Gasteiger partial charge in [-0.15, -0.1) is 0 Å². The third-order valence-corrected chi connectivity index (χ3v) is 4.67. The summed E-state index contributed by atoms with van der Waals surface area (Å²) in [5, 5.41) is 0. The summed E-state index contributed by atoms with van der Waals surface area (Å²) in [7, 11) is 0. The third-order valence-electron chi connectivity index (χ3n) is 4.67. The van der Waals surface area contributed by atoms with Gasteiger partial charge in [0.1, 0.15) is 23.1 Å². The Hall–Kier alpha value is -2.36. The molecule has 0 saturated heterocycles. The summed E-state index contributed by atoms with van der Waals surface area (Å²) >= 11 is 0. The molecule has 0 spiro atoms. The van der Waals surface area contributed by atoms with Gasteiger partial charge in [-0.1, -0.05) is 12.1 Å². The van der Waals surface area contributed by atoms with Crippen molar-refractivity contribution in [1.82, 2.24) is 0 Å². The summed E-state index contributed by atoms with van der Waals surface area (Å²) in [6.07, 6.45) is 0.949. The molecule has 2 atom stereocenters. The number of hydrogen-bond donors (Lipinski definition) is 0. The minimum absolute atomic E-state index is 0.0322. The molecular formula is C22H25FO3. The largest absolute Gasteiger partial charge is 0.493 e. The SMILES string of the molecule is CC(=O)C1CC1COc1ccc(-c2cc(OC(C)C)cc(C)c2F)cc1. The lowest BCUT2D eigenvalue weighted by atomic mass is 10.0. The summed E-state index contributed by atoms with van der Waals surface area (Å²) in [4.78, 5) is 11.3. The normalized spacial score (nSPS) is 18.7. The van der Waals surface area contributed by atoms with E-state index in [9.17, 15) is 9.18 Å². The van der Waals surface area contributed by atoms with Crippen molar-refractivity contribution in [3.63, 3.8) is 0 Å². The van der Waals surface area contributed by atoms with Gasteiger partial charge < -0.3 is 9.47 Å². The highest BCUT2D eigenvalue weighted by molar-refractivity contribution is 5.81. The second-order valence-corrected chi connectivity index (χ2v) is 7.32. The number of ether oxygens (including phenoxy) is 2. The molecular weight excluding hydrogens is 331 g/mol. The zero-order valence-electron chi connectivity index (χ0n) is 15.7.